The summed E-state index contributed by atoms with van der Waals surface area (Å²) in [5.74, 6) is -0.737. The highest BCUT2D eigenvalue weighted by molar-refractivity contribution is 6.14. The maximum absolute atomic E-state index is 13.5. The first-order valence-corrected chi connectivity index (χ1v) is 13.1. The topological polar surface area (TPSA) is 98.8 Å². The predicted octanol–water partition coefficient (Wildman–Crippen LogP) is 3.18. The van der Waals surface area contributed by atoms with Gasteiger partial charge in [0, 0.05) is 59.6 Å². The Bertz CT molecular complexity index is 1290. The Morgan fingerprint density at radius 2 is 1.03 bits per heavy atom. The Morgan fingerprint density at radius 1 is 0.632 bits per heavy atom. The van der Waals surface area contributed by atoms with Gasteiger partial charge in [0.1, 0.15) is 0 Å². The normalized spacial score (nSPS) is 25.6. The van der Waals surface area contributed by atoms with E-state index in [4.69, 9.17) is 0 Å². The number of carbonyl (C=O) groups excluding carboxylic acids is 4. The lowest BCUT2D eigenvalue weighted by molar-refractivity contribution is -0.127. The molecule has 0 saturated carbocycles. The Morgan fingerprint density at radius 3 is 1.39 bits per heavy atom. The lowest BCUT2D eigenvalue weighted by atomic mass is 9.89. The lowest BCUT2D eigenvalue weighted by Crippen LogP contribution is -2.48. The maximum atomic E-state index is 13.5. The number of hydrogen-bond donors (Lipinski definition) is 2. The summed E-state index contributed by atoms with van der Waals surface area (Å²) in [6.07, 6.45) is 3.96. The van der Waals surface area contributed by atoms with E-state index in [2.05, 4.69) is 23.8 Å². The van der Waals surface area contributed by atoms with Gasteiger partial charge in [-0.05, 0) is 25.0 Å². The number of rotatable bonds is 7. The minimum absolute atomic E-state index is 0.101. The van der Waals surface area contributed by atoms with E-state index in [1.807, 2.05) is 48.5 Å². The number of carbonyl (C=O) groups is 4. The first-order chi connectivity index (χ1) is 18.3. The zero-order chi connectivity index (χ0) is 26.7. The van der Waals surface area contributed by atoms with Crippen LogP contribution in [0.4, 0.5) is 11.4 Å². The number of nitrogens with zero attached hydrogens (tertiary/aromatic N) is 2. The summed E-state index contributed by atoms with van der Waals surface area (Å²) in [5.41, 5.74) is 2.14. The van der Waals surface area contributed by atoms with Crippen LogP contribution in [-0.4, -0.2) is 36.7 Å². The molecule has 38 heavy (non-hydrogen) atoms. The van der Waals surface area contributed by atoms with Crippen molar-refractivity contribution < 1.29 is 19.2 Å². The molecule has 6 rings (SSSR count). The van der Waals surface area contributed by atoms with E-state index in [-0.39, 0.29) is 23.6 Å². The number of unbranched alkanes of at least 4 members (excludes halogenated alkanes) is 3. The van der Waals surface area contributed by atoms with Crippen LogP contribution >= 0.6 is 0 Å². The first kappa shape index (κ1) is 24.2. The highest BCUT2D eigenvalue weighted by Crippen LogP contribution is 2.47. The maximum Gasteiger partial charge on any atom is 0.257 e. The van der Waals surface area contributed by atoms with Crippen LogP contribution < -0.4 is 20.4 Å². The number of hydrogen-bond acceptors (Lipinski definition) is 4. The average molecular weight is 511 g/mol. The van der Waals surface area contributed by atoms with E-state index in [9.17, 15) is 19.2 Å². The predicted molar refractivity (Wildman–Crippen MR) is 143 cm³/mol. The van der Waals surface area contributed by atoms with Crippen LogP contribution in [0.1, 0.15) is 49.7 Å². The number of fused-ring (bicyclic) bond motifs is 4. The molecule has 0 aromatic heterocycles. The fourth-order valence-electron chi connectivity index (χ4n) is 6.42. The molecule has 4 aliphatic heterocycles. The monoisotopic (exact) mass is 510 g/mol. The second-order valence-electron chi connectivity index (χ2n) is 10.6. The highest BCUT2D eigenvalue weighted by atomic mass is 16.2. The molecule has 8 heteroatoms. The number of anilines is 2. The molecule has 4 heterocycles. The molecule has 8 nitrogen and oxygen atoms in total. The third-order valence-electron chi connectivity index (χ3n) is 8.30. The summed E-state index contributed by atoms with van der Waals surface area (Å²) in [7, 11) is 0. The van der Waals surface area contributed by atoms with Crippen molar-refractivity contribution in [3.8, 4) is 0 Å². The third-order valence-corrected chi connectivity index (χ3v) is 8.30. The first-order valence-electron chi connectivity index (χ1n) is 13.1. The summed E-state index contributed by atoms with van der Waals surface area (Å²) in [6.45, 7) is 8.78. The molecule has 2 aromatic carbocycles. The fraction of sp³-hybridized carbons (Fsp3) is 0.333. The molecule has 2 saturated heterocycles. The quantitative estimate of drug-likeness (QED) is 0.442. The van der Waals surface area contributed by atoms with E-state index in [0.29, 0.717) is 37.1 Å². The van der Waals surface area contributed by atoms with E-state index < -0.39 is 11.1 Å². The number of nitrogens with one attached hydrogen (secondary N) is 2. The molecule has 2 atom stereocenters. The van der Waals surface area contributed by atoms with Gasteiger partial charge in [0.15, 0.2) is 11.1 Å². The van der Waals surface area contributed by atoms with Crippen LogP contribution in [0.2, 0.25) is 0 Å². The summed E-state index contributed by atoms with van der Waals surface area (Å²) >= 11 is 0. The Hall–Kier alpha value is -4.20. The Labute approximate surface area is 221 Å². The van der Waals surface area contributed by atoms with Gasteiger partial charge in [0.2, 0.25) is 11.8 Å². The smallest absolute Gasteiger partial charge is 0.257 e. The van der Waals surface area contributed by atoms with Crippen LogP contribution in [0.25, 0.3) is 0 Å². The van der Waals surface area contributed by atoms with E-state index in [1.165, 1.54) is 0 Å². The summed E-state index contributed by atoms with van der Waals surface area (Å²) in [6, 6.07) is 15.3. The van der Waals surface area contributed by atoms with Gasteiger partial charge >= 0.3 is 0 Å². The van der Waals surface area contributed by atoms with Crippen molar-refractivity contribution in [2.75, 3.05) is 22.9 Å². The van der Waals surface area contributed by atoms with Crippen molar-refractivity contribution in [1.29, 1.82) is 0 Å². The molecule has 0 radical (unpaired) electrons. The molecule has 4 aliphatic rings. The van der Waals surface area contributed by atoms with Crippen molar-refractivity contribution in [1.82, 2.24) is 10.6 Å². The van der Waals surface area contributed by atoms with E-state index >= 15 is 0 Å². The molecular weight excluding hydrogens is 480 g/mol. The zero-order valence-electron chi connectivity index (χ0n) is 21.2. The van der Waals surface area contributed by atoms with Gasteiger partial charge in [0.05, 0.1) is 0 Å². The van der Waals surface area contributed by atoms with Gasteiger partial charge in [-0.3, -0.25) is 19.2 Å². The molecule has 2 spiro atoms. The largest absolute Gasteiger partial charge is 0.334 e. The standard InChI is InChI=1S/C30H30N4O4/c1-19-17-29(31-25(19)35)21-11-5-7-13-23(21)33(27(29)37)15-9-3-4-10-16-34-24-14-8-6-12-22(24)30(28(34)38)18-20(2)26(36)32-30/h5-8,11-14H,1-4,9-10,15-18H2,(H,31,35)(H,32,36). The van der Waals surface area contributed by atoms with Gasteiger partial charge in [-0.25, -0.2) is 0 Å². The van der Waals surface area contributed by atoms with E-state index in [0.717, 1.165) is 48.2 Å². The van der Waals surface area contributed by atoms with Gasteiger partial charge in [-0.1, -0.05) is 62.4 Å². The molecule has 194 valence electrons. The average Bonchev–Trinajstić information content (AvgIpc) is 3.54. The Kier molecular flexibility index (Phi) is 5.52. The van der Waals surface area contributed by atoms with Crippen LogP contribution in [0.5, 0.6) is 0 Å². The van der Waals surface area contributed by atoms with Gasteiger partial charge in [-0.15, -0.1) is 0 Å². The van der Waals surface area contributed by atoms with Gasteiger partial charge in [0.25, 0.3) is 11.8 Å². The van der Waals surface area contributed by atoms with Crippen LogP contribution in [0.3, 0.4) is 0 Å². The molecule has 2 unspecified atom stereocenters. The van der Waals surface area contributed by atoms with Crippen molar-refractivity contribution in [2.24, 2.45) is 0 Å². The van der Waals surface area contributed by atoms with Gasteiger partial charge in [-0.2, -0.15) is 0 Å². The molecule has 2 aromatic rings. The van der Waals surface area contributed by atoms with Crippen LogP contribution in [0, 0.1) is 0 Å². The molecule has 0 aliphatic carbocycles. The SMILES string of the molecule is C=C1CC2(NC1=O)C(=O)N(CCCCCCN1C(=O)C3(CC(=C)C(=O)N3)c3ccccc31)c1ccccc12. The second-order valence-corrected chi connectivity index (χ2v) is 10.6. The molecular formula is C30H30N4O4. The minimum atomic E-state index is -1.04. The molecule has 4 amide bonds. The summed E-state index contributed by atoms with van der Waals surface area (Å²) < 4.78 is 0. The van der Waals surface area contributed by atoms with Crippen LogP contribution in [-0.2, 0) is 30.3 Å². The highest BCUT2D eigenvalue weighted by Gasteiger charge is 2.56. The zero-order valence-corrected chi connectivity index (χ0v) is 21.2. The molecule has 2 N–H and O–H groups in total. The third kappa shape index (κ3) is 3.36. The van der Waals surface area contributed by atoms with Crippen LogP contribution in [0.15, 0.2) is 72.8 Å². The minimum Gasteiger partial charge on any atom is -0.334 e. The van der Waals surface area contributed by atoms with Crippen molar-refractivity contribution in [3.63, 3.8) is 0 Å². The van der Waals surface area contributed by atoms with Crippen molar-refractivity contribution in [3.05, 3.63) is 84.0 Å². The number of para-hydroxylation sites is 2. The molecule has 2 fully saturated rings. The second kappa shape index (κ2) is 8.68. The fourth-order valence-corrected chi connectivity index (χ4v) is 6.42. The molecule has 0 bridgehead atoms. The lowest BCUT2D eigenvalue weighted by Gasteiger charge is -2.24. The summed E-state index contributed by atoms with van der Waals surface area (Å²) in [4.78, 5) is 55.0. The number of benzene rings is 2. The van der Waals surface area contributed by atoms with Gasteiger partial charge < -0.3 is 20.4 Å². The Balaban J connectivity index is 1.07. The number of amides is 4. The van der Waals surface area contributed by atoms with Crippen molar-refractivity contribution >= 4 is 35.0 Å². The summed E-state index contributed by atoms with van der Waals surface area (Å²) in [5, 5.41) is 5.79. The van der Waals surface area contributed by atoms with Crippen molar-refractivity contribution in [2.45, 2.75) is 49.6 Å². The van der Waals surface area contributed by atoms with E-state index in [1.54, 1.807) is 9.80 Å².